The normalized spacial score (nSPS) is 13.7. The highest BCUT2D eigenvalue weighted by molar-refractivity contribution is 7.15. The second kappa shape index (κ2) is 7.30. The molecule has 4 nitrogen and oxygen atoms in total. The third-order valence-corrected chi connectivity index (χ3v) is 5.87. The molecule has 0 unspecified atom stereocenters. The van der Waals surface area contributed by atoms with Crippen LogP contribution < -0.4 is 11.1 Å². The topological polar surface area (TPSA) is 63.3 Å². The van der Waals surface area contributed by atoms with Crippen LogP contribution in [-0.2, 0) is 19.4 Å². The van der Waals surface area contributed by atoms with E-state index in [1.54, 1.807) is 11.3 Å². The molecule has 5 heteroatoms. The van der Waals surface area contributed by atoms with Gasteiger partial charge in [-0.3, -0.25) is 0 Å². The highest BCUT2D eigenvalue weighted by Crippen LogP contribution is 2.28. The largest absolute Gasteiger partial charge is 0.370 e. The lowest BCUT2D eigenvalue weighted by atomic mass is 10.1. The van der Waals surface area contributed by atoms with Crippen LogP contribution >= 0.6 is 11.3 Å². The van der Waals surface area contributed by atoms with E-state index >= 15 is 0 Å². The number of fused-ring (bicyclic) bond motifs is 1. The maximum atomic E-state index is 6.09. The summed E-state index contributed by atoms with van der Waals surface area (Å²) in [6.07, 6.45) is 3.59. The summed E-state index contributed by atoms with van der Waals surface area (Å²) >= 11 is 1.68. The molecule has 2 aromatic carbocycles. The van der Waals surface area contributed by atoms with Gasteiger partial charge in [-0.1, -0.05) is 36.4 Å². The van der Waals surface area contributed by atoms with Crippen molar-refractivity contribution in [2.24, 2.45) is 10.7 Å². The number of hydrogen-bond donors (Lipinski definition) is 2. The first kappa shape index (κ1) is 16.8. The summed E-state index contributed by atoms with van der Waals surface area (Å²) in [5.41, 5.74) is 12.1. The van der Waals surface area contributed by atoms with Crippen molar-refractivity contribution in [3.63, 3.8) is 0 Å². The van der Waals surface area contributed by atoms with E-state index in [0.717, 1.165) is 33.3 Å². The number of benzene rings is 2. The molecule has 4 rings (SSSR count). The maximum absolute atomic E-state index is 6.09. The van der Waals surface area contributed by atoms with Crippen LogP contribution in [0.15, 0.2) is 53.5 Å². The molecule has 0 atom stereocenters. The molecule has 0 spiro atoms. The standard InChI is InChI=1S/C21H22N4S/c1-14-19(26-20(24-14)16-6-3-2-4-7-16)13-23-21(22)25-18-11-10-15-8-5-9-17(15)12-18/h2-4,6-7,10-12H,5,8-9,13H2,1H3,(H3,22,23,25). The zero-order chi connectivity index (χ0) is 17.9. The van der Waals surface area contributed by atoms with E-state index in [1.165, 1.54) is 24.0 Å². The van der Waals surface area contributed by atoms with Gasteiger partial charge >= 0.3 is 0 Å². The van der Waals surface area contributed by atoms with Crippen molar-refractivity contribution in [3.05, 3.63) is 70.2 Å². The molecule has 0 fully saturated rings. The Morgan fingerprint density at radius 1 is 1.15 bits per heavy atom. The number of nitrogens with zero attached hydrogens (tertiary/aromatic N) is 2. The zero-order valence-corrected chi connectivity index (χ0v) is 15.6. The van der Waals surface area contributed by atoms with Crippen molar-refractivity contribution >= 4 is 23.0 Å². The number of nitrogens with two attached hydrogens (primary N) is 1. The first-order chi connectivity index (χ1) is 12.7. The Bertz CT molecular complexity index is 944. The van der Waals surface area contributed by atoms with Crippen molar-refractivity contribution in [2.45, 2.75) is 32.7 Å². The number of nitrogens with one attached hydrogen (secondary N) is 1. The quantitative estimate of drug-likeness (QED) is 0.529. The van der Waals surface area contributed by atoms with E-state index < -0.39 is 0 Å². The molecule has 3 N–H and O–H groups in total. The summed E-state index contributed by atoms with van der Waals surface area (Å²) in [5.74, 6) is 0.442. The molecule has 1 heterocycles. The zero-order valence-electron chi connectivity index (χ0n) is 14.8. The SMILES string of the molecule is Cc1nc(-c2ccccc2)sc1CN=C(N)Nc1ccc2c(c1)CCC2. The lowest BCUT2D eigenvalue weighted by Gasteiger charge is -2.07. The Labute approximate surface area is 157 Å². The molecule has 3 aromatic rings. The number of aliphatic imine (C=N–C) groups is 1. The third kappa shape index (κ3) is 3.63. The van der Waals surface area contributed by atoms with Crippen molar-refractivity contribution in [1.82, 2.24) is 4.98 Å². The van der Waals surface area contributed by atoms with Crippen molar-refractivity contribution < 1.29 is 0 Å². The second-order valence-corrected chi connectivity index (χ2v) is 7.64. The van der Waals surface area contributed by atoms with Gasteiger partial charge in [0.25, 0.3) is 0 Å². The average Bonchev–Trinajstić information content (AvgIpc) is 3.27. The Hall–Kier alpha value is -2.66. The average molecular weight is 363 g/mol. The molecule has 1 aliphatic rings. The van der Waals surface area contributed by atoms with E-state index in [2.05, 4.69) is 45.6 Å². The Morgan fingerprint density at radius 3 is 2.81 bits per heavy atom. The van der Waals surface area contributed by atoms with Crippen LogP contribution in [-0.4, -0.2) is 10.9 Å². The van der Waals surface area contributed by atoms with Crippen LogP contribution in [0.4, 0.5) is 5.69 Å². The minimum Gasteiger partial charge on any atom is -0.370 e. The van der Waals surface area contributed by atoms with Gasteiger partial charge in [-0.15, -0.1) is 11.3 Å². The summed E-state index contributed by atoms with van der Waals surface area (Å²) in [6.45, 7) is 2.57. The van der Waals surface area contributed by atoms with Gasteiger partial charge in [0.05, 0.1) is 12.2 Å². The predicted molar refractivity (Wildman–Crippen MR) is 110 cm³/mol. The highest BCUT2D eigenvalue weighted by Gasteiger charge is 2.11. The fraction of sp³-hybridized carbons (Fsp3) is 0.238. The predicted octanol–water partition coefficient (Wildman–Crippen LogP) is 4.53. The fourth-order valence-electron chi connectivity index (χ4n) is 3.27. The summed E-state index contributed by atoms with van der Waals surface area (Å²) in [4.78, 5) is 10.3. The molecule has 0 radical (unpaired) electrons. The van der Waals surface area contributed by atoms with Crippen LogP contribution in [0.3, 0.4) is 0 Å². The first-order valence-corrected chi connectivity index (χ1v) is 9.71. The van der Waals surface area contributed by atoms with Crippen molar-refractivity contribution in [2.75, 3.05) is 5.32 Å². The van der Waals surface area contributed by atoms with E-state index in [9.17, 15) is 0 Å². The Kier molecular flexibility index (Phi) is 4.71. The molecule has 1 aliphatic carbocycles. The lowest BCUT2D eigenvalue weighted by Crippen LogP contribution is -2.22. The molecule has 132 valence electrons. The van der Waals surface area contributed by atoms with Crippen LogP contribution in [0.25, 0.3) is 10.6 Å². The van der Waals surface area contributed by atoms with Gasteiger partial charge in [0.15, 0.2) is 5.96 Å². The number of anilines is 1. The molecular weight excluding hydrogens is 340 g/mol. The monoisotopic (exact) mass is 362 g/mol. The molecule has 0 amide bonds. The van der Waals surface area contributed by atoms with Gasteiger partial charge < -0.3 is 11.1 Å². The van der Waals surface area contributed by atoms with Gasteiger partial charge in [0, 0.05) is 16.1 Å². The summed E-state index contributed by atoms with van der Waals surface area (Å²) in [6, 6.07) is 16.7. The number of guanidine groups is 1. The van der Waals surface area contributed by atoms with Gasteiger partial charge in [0.1, 0.15) is 5.01 Å². The third-order valence-electron chi connectivity index (χ3n) is 4.68. The van der Waals surface area contributed by atoms with Crippen LogP contribution in [0.1, 0.15) is 28.1 Å². The van der Waals surface area contributed by atoms with E-state index in [-0.39, 0.29) is 0 Å². The van der Waals surface area contributed by atoms with Crippen molar-refractivity contribution in [3.8, 4) is 10.6 Å². The molecule has 0 saturated heterocycles. The van der Waals surface area contributed by atoms with Gasteiger partial charge in [-0.25, -0.2) is 9.98 Å². The molecule has 0 bridgehead atoms. The molecule has 0 saturated carbocycles. The second-order valence-electron chi connectivity index (χ2n) is 6.56. The van der Waals surface area contributed by atoms with Crippen molar-refractivity contribution in [1.29, 1.82) is 0 Å². The molecular formula is C21H22N4S. The molecule has 26 heavy (non-hydrogen) atoms. The summed E-state index contributed by atoms with van der Waals surface area (Å²) in [7, 11) is 0. The Morgan fingerprint density at radius 2 is 1.96 bits per heavy atom. The number of rotatable bonds is 4. The number of hydrogen-bond acceptors (Lipinski definition) is 3. The van der Waals surface area contributed by atoms with E-state index in [0.29, 0.717) is 12.5 Å². The lowest BCUT2D eigenvalue weighted by molar-refractivity contribution is 0.912. The molecule has 0 aliphatic heterocycles. The number of thiazole rings is 1. The van der Waals surface area contributed by atoms with Gasteiger partial charge in [-0.2, -0.15) is 0 Å². The Balaban J connectivity index is 1.45. The number of aromatic nitrogens is 1. The fourth-order valence-corrected chi connectivity index (χ4v) is 4.27. The molecule has 1 aromatic heterocycles. The highest BCUT2D eigenvalue weighted by atomic mass is 32.1. The minimum absolute atomic E-state index is 0.442. The van der Waals surface area contributed by atoms with Gasteiger partial charge in [-0.05, 0) is 49.4 Å². The summed E-state index contributed by atoms with van der Waals surface area (Å²) < 4.78 is 0. The van der Waals surface area contributed by atoms with Crippen LogP contribution in [0, 0.1) is 6.92 Å². The first-order valence-electron chi connectivity index (χ1n) is 8.89. The van der Waals surface area contributed by atoms with Crippen LogP contribution in [0.5, 0.6) is 0 Å². The van der Waals surface area contributed by atoms with E-state index in [4.69, 9.17) is 5.73 Å². The van der Waals surface area contributed by atoms with Gasteiger partial charge in [0.2, 0.25) is 0 Å². The summed E-state index contributed by atoms with van der Waals surface area (Å²) in [5, 5.41) is 4.24. The van der Waals surface area contributed by atoms with Crippen LogP contribution in [0.2, 0.25) is 0 Å². The smallest absolute Gasteiger partial charge is 0.193 e. The van der Waals surface area contributed by atoms with E-state index in [1.807, 2.05) is 25.1 Å². The maximum Gasteiger partial charge on any atom is 0.193 e. The minimum atomic E-state index is 0.442. The number of aryl methyl sites for hydroxylation is 3.